The van der Waals surface area contributed by atoms with Gasteiger partial charge in [-0.3, -0.25) is 14.4 Å². The van der Waals surface area contributed by atoms with Crippen molar-refractivity contribution < 1.29 is 23.6 Å². The third kappa shape index (κ3) is 5.76. The average molecular weight is 452 g/mol. The van der Waals surface area contributed by atoms with Gasteiger partial charge in [0.2, 0.25) is 5.91 Å². The Hall–Kier alpha value is -2.52. The minimum atomic E-state index is -0.975. The van der Waals surface area contributed by atoms with Crippen LogP contribution in [-0.4, -0.2) is 34.3 Å². The lowest BCUT2D eigenvalue weighted by Gasteiger charge is -2.24. The smallest absolute Gasteiger partial charge is 0.308 e. The molecule has 0 aliphatic carbocycles. The van der Waals surface area contributed by atoms with Gasteiger partial charge < -0.3 is 19.9 Å². The monoisotopic (exact) mass is 451 g/mol. The molecule has 0 bridgehead atoms. The lowest BCUT2D eigenvalue weighted by atomic mass is 10.1. The highest BCUT2D eigenvalue weighted by molar-refractivity contribution is 8.01. The number of fused-ring (bicyclic) bond motifs is 1. The fourth-order valence-corrected chi connectivity index (χ4v) is 4.13. The van der Waals surface area contributed by atoms with E-state index in [9.17, 15) is 14.4 Å². The molecule has 2 unspecified atom stereocenters. The molecule has 1 aromatic heterocycles. The number of ether oxygens (including phenoxy) is 1. The Morgan fingerprint density at radius 2 is 2.20 bits per heavy atom. The molecule has 2 atom stereocenters. The number of hydrogen-bond acceptors (Lipinski definition) is 7. The number of thioether (sulfide) groups is 1. The van der Waals surface area contributed by atoms with Crippen molar-refractivity contribution in [2.45, 2.75) is 55.8 Å². The molecule has 2 heterocycles. The molecule has 1 aliphatic rings. The van der Waals surface area contributed by atoms with Gasteiger partial charge in [0.15, 0.2) is 11.9 Å². The topological polar surface area (TPSA) is 111 Å². The first kappa shape index (κ1) is 22.2. The van der Waals surface area contributed by atoms with Crippen LogP contribution < -0.4 is 10.6 Å². The summed E-state index contributed by atoms with van der Waals surface area (Å²) in [4.78, 5) is 38.2. The zero-order chi connectivity index (χ0) is 21.7. The van der Waals surface area contributed by atoms with Crippen molar-refractivity contribution >= 4 is 52.7 Å². The number of carbonyl (C=O) groups excluding carboxylic acids is 3. The van der Waals surface area contributed by atoms with Crippen LogP contribution in [0.25, 0.3) is 0 Å². The fourth-order valence-electron chi connectivity index (χ4n) is 2.88. The number of hydrogen-bond donors (Lipinski definition) is 2. The van der Waals surface area contributed by atoms with Crippen molar-refractivity contribution in [3.63, 3.8) is 0 Å². The first-order valence-electron chi connectivity index (χ1n) is 9.56. The highest BCUT2D eigenvalue weighted by atomic mass is 35.5. The number of unbranched alkanes of at least 4 members (excludes halogenated alkanes) is 1. The molecule has 0 saturated heterocycles. The van der Waals surface area contributed by atoms with E-state index in [1.165, 1.54) is 11.8 Å². The normalized spacial score (nSPS) is 16.4. The Labute approximate surface area is 183 Å². The second kappa shape index (κ2) is 9.99. The largest absolute Gasteiger partial charge is 0.452 e. The Balaban J connectivity index is 1.61. The van der Waals surface area contributed by atoms with Crippen LogP contribution in [0.2, 0.25) is 5.02 Å². The molecular formula is C20H22ClN3O5S. The van der Waals surface area contributed by atoms with E-state index < -0.39 is 23.2 Å². The van der Waals surface area contributed by atoms with Gasteiger partial charge >= 0.3 is 5.97 Å². The van der Waals surface area contributed by atoms with Crippen molar-refractivity contribution in [1.29, 1.82) is 0 Å². The van der Waals surface area contributed by atoms with Crippen LogP contribution in [0.3, 0.4) is 0 Å². The third-order valence-electron chi connectivity index (χ3n) is 4.38. The second-order valence-electron chi connectivity index (χ2n) is 6.87. The third-order valence-corrected chi connectivity index (χ3v) is 5.89. The molecule has 10 heteroatoms. The van der Waals surface area contributed by atoms with Gasteiger partial charge in [0, 0.05) is 16.0 Å². The van der Waals surface area contributed by atoms with Crippen LogP contribution >= 0.6 is 23.4 Å². The van der Waals surface area contributed by atoms with Crippen molar-refractivity contribution in [3.05, 3.63) is 35.0 Å². The number of amides is 2. The van der Waals surface area contributed by atoms with E-state index in [2.05, 4.69) is 15.8 Å². The van der Waals surface area contributed by atoms with Crippen LogP contribution in [0.1, 0.15) is 38.4 Å². The number of aromatic nitrogens is 1. The summed E-state index contributed by atoms with van der Waals surface area (Å²) in [6.45, 7) is 3.68. The predicted octanol–water partition coefficient (Wildman–Crippen LogP) is 4.18. The van der Waals surface area contributed by atoms with Crippen molar-refractivity contribution in [1.82, 2.24) is 5.16 Å². The van der Waals surface area contributed by atoms with Crippen molar-refractivity contribution in [2.24, 2.45) is 0 Å². The quantitative estimate of drug-likeness (QED) is 0.579. The molecule has 0 saturated carbocycles. The van der Waals surface area contributed by atoms with Crippen LogP contribution in [0.5, 0.6) is 0 Å². The van der Waals surface area contributed by atoms with Crippen LogP contribution in [0.15, 0.2) is 33.7 Å². The number of nitrogens with one attached hydrogen (secondary N) is 2. The van der Waals surface area contributed by atoms with Gasteiger partial charge in [-0.05, 0) is 38.0 Å². The van der Waals surface area contributed by atoms with E-state index in [1.54, 1.807) is 31.2 Å². The lowest BCUT2D eigenvalue weighted by molar-refractivity contribution is -0.155. The number of benzene rings is 1. The number of anilines is 2. The number of esters is 1. The van der Waals surface area contributed by atoms with E-state index in [4.69, 9.17) is 20.9 Å². The van der Waals surface area contributed by atoms with E-state index in [1.807, 2.05) is 6.92 Å². The van der Waals surface area contributed by atoms with E-state index in [0.29, 0.717) is 29.3 Å². The minimum Gasteiger partial charge on any atom is -0.452 e. The lowest BCUT2D eigenvalue weighted by Crippen LogP contribution is -2.36. The molecule has 1 aromatic carbocycles. The summed E-state index contributed by atoms with van der Waals surface area (Å²) in [6, 6.07) is 6.74. The van der Waals surface area contributed by atoms with Crippen LogP contribution in [-0.2, 0) is 19.1 Å². The van der Waals surface area contributed by atoms with Gasteiger partial charge in [-0.1, -0.05) is 30.1 Å². The first-order valence-corrected chi connectivity index (χ1v) is 10.8. The molecule has 1 aliphatic heterocycles. The molecule has 2 aromatic rings. The number of halogens is 1. The standard InChI is InChI=1S/C20H22ClN3O5S/c1-3-4-5-14(19(26)23-17-8-11(2)29-24-17)28-18(25)10-16-20(27)22-13-9-12(21)6-7-15(13)30-16/h6-9,14,16H,3-5,10H2,1-2H3,(H,22,27)(H,23,24,26). The molecule has 0 radical (unpaired) electrons. The van der Waals surface area contributed by atoms with Crippen molar-refractivity contribution in [3.8, 4) is 0 Å². The fraction of sp³-hybridized carbons (Fsp3) is 0.400. The molecule has 2 amide bonds. The number of aryl methyl sites for hydroxylation is 1. The molecule has 0 fully saturated rings. The first-order chi connectivity index (χ1) is 14.4. The van der Waals surface area contributed by atoms with Crippen LogP contribution in [0, 0.1) is 6.92 Å². The Morgan fingerprint density at radius 3 is 2.90 bits per heavy atom. The average Bonchev–Trinajstić information content (AvgIpc) is 3.10. The van der Waals surface area contributed by atoms with Crippen LogP contribution in [0.4, 0.5) is 11.5 Å². The van der Waals surface area contributed by atoms with Gasteiger partial charge in [-0.15, -0.1) is 11.8 Å². The zero-order valence-electron chi connectivity index (χ0n) is 16.6. The van der Waals surface area contributed by atoms with E-state index in [-0.39, 0.29) is 18.1 Å². The van der Waals surface area contributed by atoms with Crippen molar-refractivity contribution in [2.75, 3.05) is 10.6 Å². The summed E-state index contributed by atoms with van der Waals surface area (Å²) >= 11 is 7.22. The summed E-state index contributed by atoms with van der Waals surface area (Å²) in [5.41, 5.74) is 0.616. The summed E-state index contributed by atoms with van der Waals surface area (Å²) < 4.78 is 10.4. The van der Waals surface area contributed by atoms with Gasteiger partial charge in [0.25, 0.3) is 5.91 Å². The van der Waals surface area contributed by atoms with Gasteiger partial charge in [0.1, 0.15) is 5.76 Å². The number of rotatable bonds is 8. The second-order valence-corrected chi connectivity index (χ2v) is 8.55. The van der Waals surface area contributed by atoms with Gasteiger partial charge in [-0.25, -0.2) is 0 Å². The maximum Gasteiger partial charge on any atom is 0.308 e. The summed E-state index contributed by atoms with van der Waals surface area (Å²) in [5, 5.41) is 8.92. The Bertz CT molecular complexity index is 948. The maximum atomic E-state index is 12.5. The molecule has 3 rings (SSSR count). The van der Waals surface area contributed by atoms with Gasteiger partial charge in [-0.2, -0.15) is 0 Å². The molecule has 2 N–H and O–H groups in total. The molecule has 0 spiro atoms. The highest BCUT2D eigenvalue weighted by Gasteiger charge is 2.31. The Kier molecular flexibility index (Phi) is 7.38. The molecule has 8 nitrogen and oxygen atoms in total. The number of nitrogens with zero attached hydrogens (tertiary/aromatic N) is 1. The SMILES string of the molecule is CCCCC(OC(=O)CC1Sc2ccc(Cl)cc2NC1=O)C(=O)Nc1cc(C)on1. The number of carbonyl (C=O) groups is 3. The highest BCUT2D eigenvalue weighted by Crippen LogP contribution is 2.38. The maximum absolute atomic E-state index is 12.5. The summed E-state index contributed by atoms with van der Waals surface area (Å²) in [7, 11) is 0. The zero-order valence-corrected chi connectivity index (χ0v) is 18.1. The molecular weight excluding hydrogens is 430 g/mol. The minimum absolute atomic E-state index is 0.155. The molecule has 160 valence electrons. The summed E-state index contributed by atoms with van der Waals surface area (Å²) in [5.74, 6) is -0.598. The Morgan fingerprint density at radius 1 is 1.40 bits per heavy atom. The predicted molar refractivity (Wildman–Crippen MR) is 114 cm³/mol. The van der Waals surface area contributed by atoms with Gasteiger partial charge in [0.05, 0.1) is 17.4 Å². The summed E-state index contributed by atoms with van der Waals surface area (Å²) in [6.07, 6.45) is 0.784. The van der Waals surface area contributed by atoms with E-state index in [0.717, 1.165) is 11.3 Å². The molecule has 30 heavy (non-hydrogen) atoms. The van der Waals surface area contributed by atoms with E-state index >= 15 is 0 Å².